The SMILES string of the molecule is CCN(CC)C(=O)c1ccc(C2c3cc(OC)c(OC)cc3CCN2Cc2cccn2S(=O)(=O)c2ccccc2)cc1. The number of carbonyl (C=O) groups excluding carboxylic acids is 1. The van der Waals surface area contributed by atoms with Gasteiger partial charge in [-0.05, 0) is 85.5 Å². The predicted octanol–water partition coefficient (Wildman–Crippen LogP) is 5.37. The summed E-state index contributed by atoms with van der Waals surface area (Å²) in [7, 11) is -0.508. The average Bonchev–Trinajstić information content (AvgIpc) is 3.50. The standard InChI is InChI=1S/C33H37N3O5S/c1-5-34(6-2)33(37)25-16-14-24(15-17-25)32-29-22-31(41-4)30(40-3)21-26(29)18-20-35(32)23-27-11-10-19-36(27)42(38,39)28-12-8-7-9-13-28/h7-17,19,21-22,32H,5-6,18,20,23H2,1-4H3. The number of hydrogen-bond donors (Lipinski definition) is 0. The lowest BCUT2D eigenvalue weighted by Gasteiger charge is -2.38. The molecule has 1 aliphatic rings. The lowest BCUT2D eigenvalue weighted by Crippen LogP contribution is -2.36. The number of hydrogen-bond acceptors (Lipinski definition) is 6. The summed E-state index contributed by atoms with van der Waals surface area (Å²) in [6, 6.07) is 23.7. The maximum atomic E-state index is 13.5. The number of fused-ring (bicyclic) bond motifs is 1. The van der Waals surface area contributed by atoms with Gasteiger partial charge in [-0.2, -0.15) is 0 Å². The normalized spacial score (nSPS) is 15.2. The number of carbonyl (C=O) groups is 1. The third-order valence-corrected chi connectivity index (χ3v) is 9.70. The van der Waals surface area contributed by atoms with Crippen molar-refractivity contribution in [1.29, 1.82) is 0 Å². The zero-order valence-corrected chi connectivity index (χ0v) is 25.3. The molecule has 9 heteroatoms. The van der Waals surface area contributed by atoms with Gasteiger partial charge in [-0.15, -0.1) is 0 Å². The van der Waals surface area contributed by atoms with Crippen molar-refractivity contribution in [2.45, 2.75) is 37.8 Å². The van der Waals surface area contributed by atoms with Gasteiger partial charge >= 0.3 is 0 Å². The third kappa shape index (κ3) is 5.54. The molecule has 3 aromatic carbocycles. The van der Waals surface area contributed by atoms with Gasteiger partial charge in [-0.3, -0.25) is 9.69 Å². The average molecular weight is 588 g/mol. The first-order valence-corrected chi connectivity index (χ1v) is 15.6. The van der Waals surface area contributed by atoms with E-state index in [1.807, 2.05) is 56.3 Å². The molecule has 2 heterocycles. The van der Waals surface area contributed by atoms with Crippen molar-refractivity contribution < 1.29 is 22.7 Å². The molecule has 1 aliphatic heterocycles. The summed E-state index contributed by atoms with van der Waals surface area (Å²) >= 11 is 0. The Bertz CT molecular complexity index is 1640. The summed E-state index contributed by atoms with van der Waals surface area (Å²) < 4.78 is 39.7. The highest BCUT2D eigenvalue weighted by Crippen LogP contribution is 2.41. The van der Waals surface area contributed by atoms with Crippen LogP contribution in [0.1, 0.15) is 52.6 Å². The van der Waals surface area contributed by atoms with Crippen molar-refractivity contribution in [1.82, 2.24) is 13.8 Å². The van der Waals surface area contributed by atoms with Crippen LogP contribution in [0, 0.1) is 0 Å². The van der Waals surface area contributed by atoms with Gasteiger partial charge < -0.3 is 14.4 Å². The van der Waals surface area contributed by atoms with Crippen molar-refractivity contribution >= 4 is 15.9 Å². The molecule has 1 amide bonds. The Kier molecular flexibility index (Phi) is 8.70. The van der Waals surface area contributed by atoms with Gasteiger partial charge in [0.25, 0.3) is 15.9 Å². The third-order valence-electron chi connectivity index (χ3n) is 7.96. The summed E-state index contributed by atoms with van der Waals surface area (Å²) in [4.78, 5) is 17.3. The van der Waals surface area contributed by atoms with Gasteiger partial charge in [0.05, 0.1) is 25.2 Å². The monoisotopic (exact) mass is 587 g/mol. The lowest BCUT2D eigenvalue weighted by atomic mass is 9.87. The number of ether oxygens (including phenoxy) is 2. The Morgan fingerprint density at radius 1 is 0.905 bits per heavy atom. The van der Waals surface area contributed by atoms with Crippen molar-refractivity contribution in [3.8, 4) is 11.5 Å². The van der Waals surface area contributed by atoms with E-state index >= 15 is 0 Å². The van der Waals surface area contributed by atoms with Crippen molar-refractivity contribution in [2.75, 3.05) is 33.9 Å². The molecule has 1 atom stereocenters. The molecule has 220 valence electrons. The fourth-order valence-electron chi connectivity index (χ4n) is 5.73. The van der Waals surface area contributed by atoms with Crippen molar-refractivity contribution in [2.24, 2.45) is 0 Å². The smallest absolute Gasteiger partial charge is 0.267 e. The second-order valence-corrected chi connectivity index (χ2v) is 12.1. The van der Waals surface area contributed by atoms with Crippen LogP contribution in [0.5, 0.6) is 11.5 Å². The number of amides is 1. The molecule has 0 bridgehead atoms. The van der Waals surface area contributed by atoms with E-state index in [2.05, 4.69) is 4.90 Å². The molecule has 5 rings (SSSR count). The van der Waals surface area contributed by atoms with E-state index in [0.29, 0.717) is 48.9 Å². The fraction of sp³-hybridized carbons (Fsp3) is 0.303. The Morgan fingerprint density at radius 3 is 2.21 bits per heavy atom. The molecular weight excluding hydrogens is 550 g/mol. The molecule has 0 aliphatic carbocycles. The molecule has 0 fully saturated rings. The van der Waals surface area contributed by atoms with Crippen LogP contribution >= 0.6 is 0 Å². The molecule has 8 nitrogen and oxygen atoms in total. The molecule has 4 aromatic rings. The van der Waals surface area contributed by atoms with Crippen molar-refractivity contribution in [3.63, 3.8) is 0 Å². The minimum absolute atomic E-state index is 0.00259. The molecule has 0 N–H and O–H groups in total. The Morgan fingerprint density at radius 2 is 1.57 bits per heavy atom. The van der Waals surface area contributed by atoms with Gasteiger partial charge in [0.1, 0.15) is 0 Å². The molecule has 0 saturated heterocycles. The van der Waals surface area contributed by atoms with Gasteiger partial charge in [0.2, 0.25) is 0 Å². The molecule has 1 aromatic heterocycles. The molecule has 42 heavy (non-hydrogen) atoms. The Balaban J connectivity index is 1.56. The topological polar surface area (TPSA) is 81.1 Å². The van der Waals surface area contributed by atoms with E-state index in [4.69, 9.17) is 9.47 Å². The predicted molar refractivity (Wildman–Crippen MR) is 163 cm³/mol. The summed E-state index contributed by atoms with van der Waals surface area (Å²) in [5.74, 6) is 1.31. The second-order valence-electron chi connectivity index (χ2n) is 10.2. The van der Waals surface area contributed by atoms with Crippen LogP contribution in [0.25, 0.3) is 0 Å². The first-order valence-electron chi connectivity index (χ1n) is 14.2. The Hall–Kier alpha value is -4.08. The molecule has 1 unspecified atom stereocenters. The summed E-state index contributed by atoms with van der Waals surface area (Å²) in [5, 5.41) is 0. The van der Waals surface area contributed by atoms with E-state index in [1.54, 1.807) is 61.7 Å². The van der Waals surface area contributed by atoms with Crippen molar-refractivity contribution in [3.05, 3.63) is 113 Å². The highest BCUT2D eigenvalue weighted by Gasteiger charge is 2.32. The number of nitrogens with zero attached hydrogens (tertiary/aromatic N) is 3. The number of methoxy groups -OCH3 is 2. The Labute approximate surface area is 248 Å². The summed E-state index contributed by atoms with van der Waals surface area (Å²) in [5.41, 5.74) is 4.51. The van der Waals surface area contributed by atoms with Crippen LogP contribution in [0.3, 0.4) is 0 Å². The minimum atomic E-state index is -3.76. The highest BCUT2D eigenvalue weighted by molar-refractivity contribution is 7.90. The zero-order valence-electron chi connectivity index (χ0n) is 24.5. The van der Waals surface area contributed by atoms with E-state index in [1.165, 1.54) is 3.97 Å². The lowest BCUT2D eigenvalue weighted by molar-refractivity contribution is 0.0773. The van der Waals surface area contributed by atoms with E-state index in [9.17, 15) is 13.2 Å². The van der Waals surface area contributed by atoms with Crippen LogP contribution in [-0.4, -0.2) is 62.0 Å². The first kappa shape index (κ1) is 29.4. The van der Waals surface area contributed by atoms with Gasteiger partial charge in [-0.1, -0.05) is 30.3 Å². The van der Waals surface area contributed by atoms with Crippen LogP contribution in [-0.2, 0) is 23.0 Å². The van der Waals surface area contributed by atoms with Crippen LogP contribution in [0.15, 0.2) is 90.0 Å². The minimum Gasteiger partial charge on any atom is -0.493 e. The van der Waals surface area contributed by atoms with Crippen LogP contribution < -0.4 is 9.47 Å². The zero-order chi connectivity index (χ0) is 29.9. The van der Waals surface area contributed by atoms with E-state index < -0.39 is 10.0 Å². The first-order chi connectivity index (χ1) is 20.3. The fourth-order valence-corrected chi connectivity index (χ4v) is 7.12. The second kappa shape index (κ2) is 12.4. The highest BCUT2D eigenvalue weighted by atomic mass is 32.2. The molecule has 0 spiro atoms. The van der Waals surface area contributed by atoms with Crippen LogP contribution in [0.4, 0.5) is 0 Å². The largest absolute Gasteiger partial charge is 0.493 e. The number of aromatic nitrogens is 1. The molecule has 0 saturated carbocycles. The van der Waals surface area contributed by atoms with Crippen LogP contribution in [0.2, 0.25) is 0 Å². The van der Waals surface area contributed by atoms with Gasteiger partial charge in [-0.25, -0.2) is 12.4 Å². The number of benzene rings is 3. The summed E-state index contributed by atoms with van der Waals surface area (Å²) in [6.45, 7) is 6.34. The van der Waals surface area contributed by atoms with E-state index in [0.717, 1.165) is 23.1 Å². The quantitative estimate of drug-likeness (QED) is 0.248. The molecular formula is C33H37N3O5S. The maximum absolute atomic E-state index is 13.5. The van der Waals surface area contributed by atoms with E-state index in [-0.39, 0.29) is 16.8 Å². The van der Waals surface area contributed by atoms with Gasteiger partial charge in [0, 0.05) is 43.6 Å². The molecule has 0 radical (unpaired) electrons. The van der Waals surface area contributed by atoms with Gasteiger partial charge in [0.15, 0.2) is 11.5 Å². The number of rotatable bonds is 10. The maximum Gasteiger partial charge on any atom is 0.267 e. The summed E-state index contributed by atoms with van der Waals surface area (Å²) in [6.07, 6.45) is 2.36.